The summed E-state index contributed by atoms with van der Waals surface area (Å²) in [5.74, 6) is -0.491. The standard InChI is InChI=1S/C24H29N3O4S/c1-16-9-10-17(2)22(14-16)32(30,31)26-21-8-4-3-7-20(21)24(29)27-13-5-6-18(15-27)23(28)25-19-11-12-19/h3-4,7-10,14,18-19,26H,5-6,11-13,15H2,1-2H3,(H,25,28). The van der Waals surface area contributed by atoms with E-state index in [0.717, 1.165) is 31.2 Å². The number of hydrogen-bond acceptors (Lipinski definition) is 4. The Morgan fingerprint density at radius 1 is 1.03 bits per heavy atom. The largest absolute Gasteiger partial charge is 0.353 e. The third-order valence-corrected chi connectivity index (χ3v) is 7.55. The number of hydrogen-bond donors (Lipinski definition) is 2. The molecule has 0 aromatic heterocycles. The number of rotatable bonds is 6. The van der Waals surface area contributed by atoms with Crippen molar-refractivity contribution in [2.45, 2.75) is 50.5 Å². The van der Waals surface area contributed by atoms with E-state index in [-0.39, 0.29) is 39.9 Å². The molecular weight excluding hydrogens is 426 g/mol. The van der Waals surface area contributed by atoms with Gasteiger partial charge in [0.1, 0.15) is 0 Å². The van der Waals surface area contributed by atoms with Gasteiger partial charge in [0.2, 0.25) is 5.91 Å². The smallest absolute Gasteiger partial charge is 0.262 e. The van der Waals surface area contributed by atoms with Crippen molar-refractivity contribution in [3.05, 3.63) is 59.2 Å². The Bertz CT molecular complexity index is 1140. The van der Waals surface area contributed by atoms with Crippen LogP contribution in [0.4, 0.5) is 5.69 Å². The third-order valence-electron chi connectivity index (χ3n) is 6.04. The molecule has 7 nitrogen and oxygen atoms in total. The first-order chi connectivity index (χ1) is 15.2. The molecular formula is C24H29N3O4S. The van der Waals surface area contributed by atoms with Gasteiger partial charge in [0.25, 0.3) is 15.9 Å². The van der Waals surface area contributed by atoms with Crippen LogP contribution in [-0.2, 0) is 14.8 Å². The van der Waals surface area contributed by atoms with Gasteiger partial charge in [0.05, 0.1) is 22.1 Å². The second-order valence-corrected chi connectivity index (χ2v) is 10.4. The van der Waals surface area contributed by atoms with Crippen LogP contribution in [-0.4, -0.2) is 44.3 Å². The average Bonchev–Trinajstić information content (AvgIpc) is 3.59. The van der Waals surface area contributed by atoms with E-state index in [1.165, 1.54) is 0 Å². The van der Waals surface area contributed by atoms with Gasteiger partial charge in [-0.25, -0.2) is 8.42 Å². The van der Waals surface area contributed by atoms with Gasteiger partial charge in [-0.2, -0.15) is 0 Å². The zero-order valence-electron chi connectivity index (χ0n) is 18.4. The summed E-state index contributed by atoms with van der Waals surface area (Å²) in [6.07, 6.45) is 3.54. The molecule has 2 N–H and O–H groups in total. The number of carbonyl (C=O) groups excluding carboxylic acids is 2. The number of likely N-dealkylation sites (tertiary alicyclic amines) is 1. The van der Waals surface area contributed by atoms with E-state index < -0.39 is 10.0 Å². The molecule has 2 fully saturated rings. The first-order valence-corrected chi connectivity index (χ1v) is 12.5. The summed E-state index contributed by atoms with van der Waals surface area (Å²) < 4.78 is 28.8. The monoisotopic (exact) mass is 455 g/mol. The maximum atomic E-state index is 13.3. The van der Waals surface area contributed by atoms with Crippen molar-refractivity contribution in [2.24, 2.45) is 5.92 Å². The summed E-state index contributed by atoms with van der Waals surface area (Å²) in [5, 5.41) is 3.02. The van der Waals surface area contributed by atoms with Crippen molar-refractivity contribution in [3.8, 4) is 0 Å². The molecule has 0 radical (unpaired) electrons. The van der Waals surface area contributed by atoms with E-state index in [9.17, 15) is 18.0 Å². The number of nitrogens with one attached hydrogen (secondary N) is 2. The van der Waals surface area contributed by atoms with Crippen LogP contribution in [0.15, 0.2) is 47.4 Å². The minimum absolute atomic E-state index is 0.00825. The summed E-state index contributed by atoms with van der Waals surface area (Å²) in [4.78, 5) is 27.7. The van der Waals surface area contributed by atoms with E-state index in [0.29, 0.717) is 18.7 Å². The summed E-state index contributed by atoms with van der Waals surface area (Å²) in [7, 11) is -3.87. The minimum atomic E-state index is -3.87. The molecule has 1 aliphatic heterocycles. The number of sulfonamides is 1. The van der Waals surface area contributed by atoms with Crippen LogP contribution in [0.2, 0.25) is 0 Å². The predicted molar refractivity (Wildman–Crippen MR) is 123 cm³/mol. The second kappa shape index (κ2) is 8.94. The molecule has 1 saturated carbocycles. The molecule has 1 unspecified atom stereocenters. The summed E-state index contributed by atoms with van der Waals surface area (Å²) in [6.45, 7) is 4.47. The van der Waals surface area contributed by atoms with Crippen LogP contribution in [0, 0.1) is 19.8 Å². The van der Waals surface area contributed by atoms with Gasteiger partial charge < -0.3 is 10.2 Å². The number of para-hydroxylation sites is 1. The lowest BCUT2D eigenvalue weighted by Crippen LogP contribution is -2.46. The molecule has 8 heteroatoms. The molecule has 1 atom stereocenters. The summed E-state index contributed by atoms with van der Waals surface area (Å²) >= 11 is 0. The first-order valence-electron chi connectivity index (χ1n) is 11.0. The van der Waals surface area contributed by atoms with Crippen molar-refractivity contribution < 1.29 is 18.0 Å². The van der Waals surface area contributed by atoms with Gasteiger partial charge in [-0.05, 0) is 68.9 Å². The molecule has 0 spiro atoms. The number of carbonyl (C=O) groups is 2. The van der Waals surface area contributed by atoms with Crippen LogP contribution in [0.1, 0.15) is 47.2 Å². The molecule has 4 rings (SSSR count). The van der Waals surface area contributed by atoms with Gasteiger partial charge >= 0.3 is 0 Å². The van der Waals surface area contributed by atoms with Crippen LogP contribution >= 0.6 is 0 Å². The molecule has 2 aliphatic rings. The number of benzene rings is 2. The number of amides is 2. The Hall–Kier alpha value is -2.87. The minimum Gasteiger partial charge on any atom is -0.353 e. The molecule has 2 aromatic carbocycles. The quantitative estimate of drug-likeness (QED) is 0.699. The lowest BCUT2D eigenvalue weighted by molar-refractivity contribution is -0.126. The highest BCUT2D eigenvalue weighted by Gasteiger charge is 2.33. The maximum absolute atomic E-state index is 13.3. The Balaban J connectivity index is 1.54. The van der Waals surface area contributed by atoms with Crippen LogP contribution in [0.25, 0.3) is 0 Å². The molecule has 1 heterocycles. The molecule has 2 aromatic rings. The highest BCUT2D eigenvalue weighted by atomic mass is 32.2. The summed E-state index contributed by atoms with van der Waals surface area (Å²) in [6, 6.07) is 12.2. The topological polar surface area (TPSA) is 95.6 Å². The van der Waals surface area contributed by atoms with Crippen LogP contribution < -0.4 is 10.0 Å². The highest BCUT2D eigenvalue weighted by molar-refractivity contribution is 7.92. The van der Waals surface area contributed by atoms with Crippen molar-refractivity contribution in [2.75, 3.05) is 17.8 Å². The van der Waals surface area contributed by atoms with E-state index in [1.54, 1.807) is 48.2 Å². The van der Waals surface area contributed by atoms with Gasteiger partial charge in [0, 0.05) is 19.1 Å². The fraction of sp³-hybridized carbons (Fsp3) is 0.417. The number of nitrogens with zero attached hydrogens (tertiary/aromatic N) is 1. The normalized spacial score (nSPS) is 18.8. The first kappa shape index (κ1) is 22.3. The fourth-order valence-electron chi connectivity index (χ4n) is 4.05. The molecule has 2 amide bonds. The van der Waals surface area contributed by atoms with E-state index in [1.807, 2.05) is 13.0 Å². The molecule has 1 saturated heterocycles. The Kier molecular flexibility index (Phi) is 6.24. The van der Waals surface area contributed by atoms with E-state index in [4.69, 9.17) is 0 Å². The molecule has 1 aliphatic carbocycles. The predicted octanol–water partition coefficient (Wildman–Crippen LogP) is 3.24. The van der Waals surface area contributed by atoms with Gasteiger partial charge in [0.15, 0.2) is 0 Å². The van der Waals surface area contributed by atoms with Gasteiger partial charge in [-0.1, -0.05) is 24.3 Å². The Morgan fingerprint density at radius 3 is 2.53 bits per heavy atom. The highest BCUT2D eigenvalue weighted by Crippen LogP contribution is 2.27. The number of anilines is 1. The van der Waals surface area contributed by atoms with Gasteiger partial charge in [-0.15, -0.1) is 0 Å². The van der Waals surface area contributed by atoms with Crippen molar-refractivity contribution in [1.82, 2.24) is 10.2 Å². The van der Waals surface area contributed by atoms with Crippen molar-refractivity contribution >= 4 is 27.5 Å². The van der Waals surface area contributed by atoms with Crippen LogP contribution in [0.3, 0.4) is 0 Å². The third kappa shape index (κ3) is 4.96. The van der Waals surface area contributed by atoms with Crippen LogP contribution in [0.5, 0.6) is 0 Å². The zero-order valence-corrected chi connectivity index (χ0v) is 19.2. The fourth-order valence-corrected chi connectivity index (χ4v) is 5.46. The van der Waals surface area contributed by atoms with E-state index in [2.05, 4.69) is 10.0 Å². The van der Waals surface area contributed by atoms with Gasteiger partial charge in [-0.3, -0.25) is 14.3 Å². The number of aryl methyl sites for hydroxylation is 2. The lowest BCUT2D eigenvalue weighted by atomic mass is 9.96. The SMILES string of the molecule is Cc1ccc(C)c(S(=O)(=O)Nc2ccccc2C(=O)N2CCCC(C(=O)NC3CC3)C2)c1. The summed E-state index contributed by atoms with van der Waals surface area (Å²) in [5.41, 5.74) is 1.99. The van der Waals surface area contributed by atoms with Crippen molar-refractivity contribution in [1.29, 1.82) is 0 Å². The maximum Gasteiger partial charge on any atom is 0.262 e. The van der Waals surface area contributed by atoms with Crippen molar-refractivity contribution in [3.63, 3.8) is 0 Å². The molecule has 0 bridgehead atoms. The molecule has 32 heavy (non-hydrogen) atoms. The Morgan fingerprint density at radius 2 is 1.78 bits per heavy atom. The second-order valence-electron chi connectivity index (χ2n) is 8.79. The average molecular weight is 456 g/mol. The zero-order chi connectivity index (χ0) is 22.9. The Labute approximate surface area is 189 Å². The molecule has 170 valence electrons. The lowest BCUT2D eigenvalue weighted by Gasteiger charge is -2.32. The van der Waals surface area contributed by atoms with E-state index >= 15 is 0 Å². The number of piperidine rings is 1.